The van der Waals surface area contributed by atoms with Crippen molar-refractivity contribution in [2.24, 2.45) is 5.73 Å². The third-order valence-corrected chi connectivity index (χ3v) is 7.09. The fourth-order valence-electron chi connectivity index (χ4n) is 4.16. The Bertz CT molecular complexity index is 1260. The Kier molecular flexibility index (Phi) is 7.09. The van der Waals surface area contributed by atoms with Crippen LogP contribution in [0.5, 0.6) is 0 Å². The molecular weight excluding hydrogens is 465 g/mol. The minimum atomic E-state index is -1.20. The molecular formula is C26H28FN5O2S. The van der Waals surface area contributed by atoms with E-state index in [4.69, 9.17) is 21.3 Å². The molecule has 0 saturated carbocycles. The Balaban J connectivity index is 1.50. The van der Waals surface area contributed by atoms with Crippen LogP contribution in [-0.4, -0.2) is 39.7 Å². The highest BCUT2D eigenvalue weighted by Gasteiger charge is 2.33. The van der Waals surface area contributed by atoms with E-state index in [-0.39, 0.29) is 29.0 Å². The molecule has 182 valence electrons. The normalized spacial score (nSPS) is 17.1. The van der Waals surface area contributed by atoms with Gasteiger partial charge in [-0.25, -0.2) is 9.37 Å². The minimum absolute atomic E-state index is 0.116. The fraction of sp³-hybridized carbons (Fsp3) is 0.308. The SMILES string of the molecule is Cc1csc(C2CCCN2C(=O)c2ccc(F)c(C(=N)OC(=N)[C@](C)(N)Cc3ccccc3)c2)n1. The summed E-state index contributed by atoms with van der Waals surface area (Å²) < 4.78 is 20.0. The first-order valence-electron chi connectivity index (χ1n) is 11.4. The van der Waals surface area contributed by atoms with Crippen LogP contribution in [0.2, 0.25) is 0 Å². The number of carbonyl (C=O) groups excluding carboxylic acids is 1. The van der Waals surface area contributed by atoms with Crippen LogP contribution in [0.3, 0.4) is 0 Å². The molecule has 1 aliphatic heterocycles. The van der Waals surface area contributed by atoms with Crippen molar-refractivity contribution in [1.82, 2.24) is 9.88 Å². The highest BCUT2D eigenvalue weighted by Crippen LogP contribution is 2.35. The molecule has 3 aromatic rings. The summed E-state index contributed by atoms with van der Waals surface area (Å²) in [4.78, 5) is 19.6. The predicted octanol–water partition coefficient (Wildman–Crippen LogP) is 4.85. The van der Waals surface area contributed by atoms with Crippen LogP contribution in [0, 0.1) is 23.6 Å². The van der Waals surface area contributed by atoms with E-state index in [2.05, 4.69) is 4.98 Å². The molecule has 4 N–H and O–H groups in total. The molecule has 4 rings (SSSR count). The molecule has 35 heavy (non-hydrogen) atoms. The van der Waals surface area contributed by atoms with Gasteiger partial charge in [0.25, 0.3) is 5.91 Å². The highest BCUT2D eigenvalue weighted by atomic mass is 32.1. The van der Waals surface area contributed by atoms with Crippen LogP contribution in [-0.2, 0) is 11.2 Å². The van der Waals surface area contributed by atoms with Gasteiger partial charge in [-0.2, -0.15) is 0 Å². The van der Waals surface area contributed by atoms with E-state index in [1.165, 1.54) is 23.5 Å². The number of aryl methyl sites for hydroxylation is 1. The summed E-state index contributed by atoms with van der Waals surface area (Å²) in [5.41, 5.74) is 6.96. The number of rotatable bonds is 6. The van der Waals surface area contributed by atoms with Gasteiger partial charge in [-0.15, -0.1) is 11.3 Å². The number of halogens is 1. The zero-order valence-electron chi connectivity index (χ0n) is 19.7. The Morgan fingerprint density at radius 3 is 2.71 bits per heavy atom. The number of nitrogens with two attached hydrogens (primary N) is 1. The summed E-state index contributed by atoms with van der Waals surface area (Å²) in [7, 11) is 0. The molecule has 9 heteroatoms. The number of thiazole rings is 1. The maximum atomic E-state index is 14.6. The average Bonchev–Trinajstić information content (AvgIpc) is 3.48. The van der Waals surface area contributed by atoms with Gasteiger partial charge < -0.3 is 15.4 Å². The topological polar surface area (TPSA) is 116 Å². The standard InChI is InChI=1S/C26H28FN5O2S/c1-16-15-35-23(31-16)21-9-6-12-32(21)24(33)18-10-11-20(27)19(13-18)22(28)34-25(29)26(2,30)14-17-7-4-3-5-8-17/h3-5,7-8,10-11,13,15,21,28-29H,6,9,12,14,30H2,1-2H3/t21?,26-/m1/s1. The molecule has 1 saturated heterocycles. The summed E-state index contributed by atoms with van der Waals surface area (Å²) in [5, 5.41) is 19.4. The third kappa shape index (κ3) is 5.47. The largest absolute Gasteiger partial charge is 0.423 e. The monoisotopic (exact) mass is 493 g/mol. The summed E-state index contributed by atoms with van der Waals surface area (Å²) >= 11 is 1.53. The first-order valence-corrected chi connectivity index (χ1v) is 12.2. The van der Waals surface area contributed by atoms with Crippen LogP contribution < -0.4 is 5.73 Å². The van der Waals surface area contributed by atoms with E-state index >= 15 is 0 Å². The number of aromatic nitrogens is 1. The van der Waals surface area contributed by atoms with Crippen molar-refractivity contribution in [2.45, 2.75) is 44.7 Å². The van der Waals surface area contributed by atoms with Gasteiger partial charge in [-0.1, -0.05) is 30.3 Å². The number of benzene rings is 2. The molecule has 1 amide bonds. The Morgan fingerprint density at radius 1 is 1.29 bits per heavy atom. The highest BCUT2D eigenvalue weighted by molar-refractivity contribution is 7.09. The van der Waals surface area contributed by atoms with E-state index in [1.807, 2.05) is 42.6 Å². The first-order chi connectivity index (χ1) is 16.7. The summed E-state index contributed by atoms with van der Waals surface area (Å²) in [6.07, 6.45) is 1.99. The second kappa shape index (κ2) is 10.1. The van der Waals surface area contributed by atoms with Crippen molar-refractivity contribution in [3.63, 3.8) is 0 Å². The summed E-state index contributed by atoms with van der Waals surface area (Å²) in [5.74, 6) is -1.89. The van der Waals surface area contributed by atoms with Gasteiger partial charge in [-0.05, 0) is 56.9 Å². The predicted molar refractivity (Wildman–Crippen MR) is 135 cm³/mol. The smallest absolute Gasteiger partial charge is 0.254 e. The van der Waals surface area contributed by atoms with Crippen molar-refractivity contribution >= 4 is 29.0 Å². The number of nitrogens with one attached hydrogen (secondary N) is 2. The zero-order valence-corrected chi connectivity index (χ0v) is 20.5. The average molecular weight is 494 g/mol. The number of carbonyl (C=O) groups is 1. The van der Waals surface area contributed by atoms with E-state index in [9.17, 15) is 9.18 Å². The number of nitrogens with zero attached hydrogens (tertiary/aromatic N) is 2. The first kappa shape index (κ1) is 24.7. The van der Waals surface area contributed by atoms with Gasteiger partial charge in [0.05, 0.1) is 17.1 Å². The second-order valence-electron chi connectivity index (χ2n) is 9.02. The zero-order chi connectivity index (χ0) is 25.2. The Morgan fingerprint density at radius 2 is 2.03 bits per heavy atom. The number of ether oxygens (including phenoxy) is 1. The molecule has 2 heterocycles. The van der Waals surface area contributed by atoms with Gasteiger partial charge in [0.2, 0.25) is 11.8 Å². The molecule has 2 atom stereocenters. The van der Waals surface area contributed by atoms with Gasteiger partial charge in [0, 0.05) is 23.2 Å². The lowest BCUT2D eigenvalue weighted by Crippen LogP contribution is -2.48. The third-order valence-electron chi connectivity index (χ3n) is 6.03. The lowest BCUT2D eigenvalue weighted by atomic mass is 9.93. The van der Waals surface area contributed by atoms with Crippen molar-refractivity contribution in [1.29, 1.82) is 10.8 Å². The summed E-state index contributed by atoms with van der Waals surface area (Å²) in [6.45, 7) is 4.13. The molecule has 0 aliphatic carbocycles. The van der Waals surface area contributed by atoms with Crippen LogP contribution in [0.15, 0.2) is 53.9 Å². The van der Waals surface area contributed by atoms with Gasteiger partial charge in [-0.3, -0.25) is 15.6 Å². The van der Waals surface area contributed by atoms with E-state index < -0.39 is 17.3 Å². The molecule has 7 nitrogen and oxygen atoms in total. The lowest BCUT2D eigenvalue weighted by Gasteiger charge is -2.25. The van der Waals surface area contributed by atoms with Gasteiger partial charge in [0.15, 0.2) is 0 Å². The van der Waals surface area contributed by atoms with Crippen LogP contribution in [0.1, 0.15) is 58.0 Å². The fourth-order valence-corrected chi connectivity index (χ4v) is 5.11. The molecule has 1 aliphatic rings. The van der Waals surface area contributed by atoms with Crippen molar-refractivity contribution in [3.8, 4) is 0 Å². The molecule has 1 unspecified atom stereocenters. The van der Waals surface area contributed by atoms with Gasteiger partial charge >= 0.3 is 0 Å². The second-order valence-corrected chi connectivity index (χ2v) is 9.91. The molecule has 0 bridgehead atoms. The Labute approximate surface area is 207 Å². The van der Waals surface area contributed by atoms with Crippen LogP contribution in [0.25, 0.3) is 0 Å². The molecule has 1 fully saturated rings. The van der Waals surface area contributed by atoms with Crippen molar-refractivity contribution in [3.05, 3.63) is 87.1 Å². The Hall–Kier alpha value is -3.43. The minimum Gasteiger partial charge on any atom is -0.423 e. The quantitative estimate of drug-likeness (QED) is 0.336. The van der Waals surface area contributed by atoms with Crippen LogP contribution >= 0.6 is 11.3 Å². The van der Waals surface area contributed by atoms with E-state index in [1.54, 1.807) is 11.8 Å². The van der Waals surface area contributed by atoms with Crippen LogP contribution in [0.4, 0.5) is 4.39 Å². The summed E-state index contributed by atoms with van der Waals surface area (Å²) in [6, 6.07) is 13.1. The van der Waals surface area contributed by atoms with Crippen molar-refractivity contribution < 1.29 is 13.9 Å². The van der Waals surface area contributed by atoms with E-state index in [0.29, 0.717) is 13.0 Å². The molecule has 0 spiro atoms. The number of likely N-dealkylation sites (tertiary alicyclic amines) is 1. The molecule has 1 aromatic heterocycles. The number of amides is 1. The number of hydrogen-bond donors (Lipinski definition) is 3. The van der Waals surface area contributed by atoms with Gasteiger partial charge in [0.1, 0.15) is 10.8 Å². The molecule has 2 aromatic carbocycles. The number of hydrogen-bond acceptors (Lipinski definition) is 7. The lowest BCUT2D eigenvalue weighted by molar-refractivity contribution is 0.0735. The van der Waals surface area contributed by atoms with Crippen molar-refractivity contribution in [2.75, 3.05) is 6.54 Å². The van der Waals surface area contributed by atoms with E-state index in [0.717, 1.165) is 35.2 Å². The maximum Gasteiger partial charge on any atom is 0.254 e. The molecule has 0 radical (unpaired) electrons. The maximum absolute atomic E-state index is 14.6.